The highest BCUT2D eigenvalue weighted by Crippen LogP contribution is 2.33. The Labute approximate surface area is 193 Å². The first-order valence-electron chi connectivity index (χ1n) is 11.0. The molecule has 2 aromatic carbocycles. The van der Waals surface area contributed by atoms with Gasteiger partial charge in [0.15, 0.2) is 0 Å². The van der Waals surface area contributed by atoms with E-state index in [1.165, 1.54) is 11.3 Å². The van der Waals surface area contributed by atoms with Gasteiger partial charge in [0.25, 0.3) is 5.91 Å². The number of hydrogen-bond donors (Lipinski definition) is 1. The number of carbonyl (C=O) groups is 2. The van der Waals surface area contributed by atoms with Gasteiger partial charge in [0.2, 0.25) is 5.91 Å². The van der Waals surface area contributed by atoms with Gasteiger partial charge in [-0.2, -0.15) is 0 Å². The Morgan fingerprint density at radius 1 is 0.906 bits per heavy atom. The lowest BCUT2D eigenvalue weighted by Crippen LogP contribution is -2.47. The third-order valence-electron chi connectivity index (χ3n) is 5.80. The van der Waals surface area contributed by atoms with Crippen LogP contribution in [0.5, 0.6) is 0 Å². The standard InChI is InChI=1S/C26H26ClN3O2/c27-22-16-8-7-15-21(22)24(25(31)29-19-11-3-1-4-12-19)30(20-13-5-2-6-14-20)26(32)23-17-9-10-18-28-23/h2,5-10,13-19,24H,1,3-4,11-12H2,(H,29,31)/t24-/m1/s1. The lowest BCUT2D eigenvalue weighted by Gasteiger charge is -2.33. The van der Waals surface area contributed by atoms with E-state index in [9.17, 15) is 9.59 Å². The summed E-state index contributed by atoms with van der Waals surface area (Å²) < 4.78 is 0. The molecule has 2 amide bonds. The molecular weight excluding hydrogens is 422 g/mol. The van der Waals surface area contributed by atoms with Crippen molar-refractivity contribution < 1.29 is 9.59 Å². The summed E-state index contributed by atoms with van der Waals surface area (Å²) in [5, 5.41) is 3.63. The molecule has 0 spiro atoms. The molecule has 0 bridgehead atoms. The second-order valence-corrected chi connectivity index (χ2v) is 8.40. The minimum absolute atomic E-state index is 0.101. The van der Waals surface area contributed by atoms with E-state index >= 15 is 0 Å². The average molecular weight is 448 g/mol. The van der Waals surface area contributed by atoms with Crippen molar-refractivity contribution in [3.8, 4) is 0 Å². The van der Waals surface area contributed by atoms with Gasteiger partial charge in [-0.25, -0.2) is 0 Å². The molecule has 164 valence electrons. The second-order valence-electron chi connectivity index (χ2n) is 7.99. The third kappa shape index (κ3) is 5.00. The lowest BCUT2D eigenvalue weighted by molar-refractivity contribution is -0.123. The number of nitrogens with one attached hydrogen (secondary N) is 1. The second kappa shape index (κ2) is 10.4. The normalized spacial score (nSPS) is 15.0. The first-order chi connectivity index (χ1) is 15.6. The van der Waals surface area contributed by atoms with E-state index in [-0.39, 0.29) is 23.6 Å². The van der Waals surface area contributed by atoms with E-state index in [0.29, 0.717) is 16.3 Å². The minimum Gasteiger partial charge on any atom is -0.351 e. The van der Waals surface area contributed by atoms with E-state index < -0.39 is 6.04 Å². The molecule has 0 saturated heterocycles. The molecule has 0 radical (unpaired) electrons. The van der Waals surface area contributed by atoms with Crippen molar-refractivity contribution in [2.24, 2.45) is 0 Å². The van der Waals surface area contributed by atoms with Crippen LogP contribution in [0.1, 0.15) is 54.2 Å². The Morgan fingerprint density at radius 2 is 1.59 bits per heavy atom. The topological polar surface area (TPSA) is 62.3 Å². The third-order valence-corrected chi connectivity index (χ3v) is 6.14. The van der Waals surface area contributed by atoms with Crippen molar-refractivity contribution in [1.29, 1.82) is 0 Å². The first-order valence-corrected chi connectivity index (χ1v) is 11.4. The van der Waals surface area contributed by atoms with Gasteiger partial charge in [-0.05, 0) is 43.2 Å². The first kappa shape index (κ1) is 22.0. The maximum absolute atomic E-state index is 13.7. The molecule has 1 aliphatic rings. The number of aromatic nitrogens is 1. The van der Waals surface area contributed by atoms with E-state index in [4.69, 9.17) is 11.6 Å². The monoisotopic (exact) mass is 447 g/mol. The highest BCUT2D eigenvalue weighted by molar-refractivity contribution is 6.31. The van der Waals surface area contributed by atoms with Crippen LogP contribution in [0, 0.1) is 0 Å². The summed E-state index contributed by atoms with van der Waals surface area (Å²) >= 11 is 6.55. The summed E-state index contributed by atoms with van der Waals surface area (Å²) in [6, 6.07) is 20.7. The summed E-state index contributed by atoms with van der Waals surface area (Å²) in [4.78, 5) is 33.2. The molecule has 5 nitrogen and oxygen atoms in total. The highest BCUT2D eigenvalue weighted by Gasteiger charge is 2.36. The molecule has 0 aliphatic heterocycles. The Kier molecular flexibility index (Phi) is 7.17. The summed E-state index contributed by atoms with van der Waals surface area (Å²) in [6.07, 6.45) is 6.84. The molecule has 1 N–H and O–H groups in total. The summed E-state index contributed by atoms with van der Waals surface area (Å²) in [5.74, 6) is -0.598. The van der Waals surface area contributed by atoms with Crippen LogP contribution >= 0.6 is 11.6 Å². The van der Waals surface area contributed by atoms with Gasteiger partial charge in [0.05, 0.1) is 0 Å². The lowest BCUT2D eigenvalue weighted by atomic mass is 9.94. The van der Waals surface area contributed by atoms with Gasteiger partial charge < -0.3 is 5.32 Å². The number of nitrogens with zero attached hydrogens (tertiary/aromatic N) is 2. The van der Waals surface area contributed by atoms with Crippen molar-refractivity contribution in [2.75, 3.05) is 4.90 Å². The molecule has 1 saturated carbocycles. The Hall–Kier alpha value is -3.18. The summed E-state index contributed by atoms with van der Waals surface area (Å²) in [5.41, 5.74) is 1.45. The molecular formula is C26H26ClN3O2. The molecule has 1 fully saturated rings. The molecule has 1 aliphatic carbocycles. The van der Waals surface area contributed by atoms with Crippen LogP contribution in [0.3, 0.4) is 0 Å². The molecule has 1 heterocycles. The van der Waals surface area contributed by atoms with Gasteiger partial charge in [0, 0.05) is 28.5 Å². The molecule has 3 aromatic rings. The molecule has 32 heavy (non-hydrogen) atoms. The number of amides is 2. The SMILES string of the molecule is O=C(NC1CCCCC1)[C@@H](c1ccccc1Cl)N(C(=O)c1ccccn1)c1ccccc1. The number of para-hydroxylation sites is 1. The van der Waals surface area contributed by atoms with Gasteiger partial charge in [0.1, 0.15) is 11.7 Å². The van der Waals surface area contributed by atoms with E-state index in [2.05, 4.69) is 10.3 Å². The van der Waals surface area contributed by atoms with Crippen LogP contribution in [0.25, 0.3) is 0 Å². The highest BCUT2D eigenvalue weighted by atomic mass is 35.5. The van der Waals surface area contributed by atoms with E-state index in [1.54, 1.807) is 36.5 Å². The Morgan fingerprint density at radius 3 is 2.28 bits per heavy atom. The van der Waals surface area contributed by atoms with E-state index in [0.717, 1.165) is 25.7 Å². The van der Waals surface area contributed by atoms with Crippen LogP contribution in [0.15, 0.2) is 79.0 Å². The zero-order chi connectivity index (χ0) is 22.3. The smallest absolute Gasteiger partial charge is 0.277 e. The molecule has 4 rings (SSSR count). The fourth-order valence-corrected chi connectivity index (χ4v) is 4.45. The summed E-state index contributed by atoms with van der Waals surface area (Å²) in [6.45, 7) is 0. The van der Waals surface area contributed by atoms with Crippen LogP contribution in [0.2, 0.25) is 5.02 Å². The van der Waals surface area contributed by atoms with Crippen molar-refractivity contribution in [2.45, 2.75) is 44.2 Å². The summed E-state index contributed by atoms with van der Waals surface area (Å²) in [7, 11) is 0. The largest absolute Gasteiger partial charge is 0.351 e. The van der Waals surface area contributed by atoms with Gasteiger partial charge >= 0.3 is 0 Å². The fourth-order valence-electron chi connectivity index (χ4n) is 4.21. The van der Waals surface area contributed by atoms with Crippen molar-refractivity contribution in [1.82, 2.24) is 10.3 Å². The molecule has 1 aromatic heterocycles. The van der Waals surface area contributed by atoms with Crippen molar-refractivity contribution in [3.63, 3.8) is 0 Å². The number of anilines is 1. The maximum Gasteiger partial charge on any atom is 0.277 e. The van der Waals surface area contributed by atoms with Crippen LogP contribution < -0.4 is 10.2 Å². The number of rotatable bonds is 6. The minimum atomic E-state index is -0.928. The van der Waals surface area contributed by atoms with Gasteiger partial charge in [-0.3, -0.25) is 19.5 Å². The zero-order valence-electron chi connectivity index (χ0n) is 17.8. The number of halogens is 1. The predicted octanol–water partition coefficient (Wildman–Crippen LogP) is 5.57. The number of pyridine rings is 1. The van der Waals surface area contributed by atoms with Crippen molar-refractivity contribution in [3.05, 3.63) is 95.3 Å². The number of benzene rings is 2. The fraction of sp³-hybridized carbons (Fsp3) is 0.269. The van der Waals surface area contributed by atoms with Crippen LogP contribution in [0.4, 0.5) is 5.69 Å². The maximum atomic E-state index is 13.7. The number of hydrogen-bond acceptors (Lipinski definition) is 3. The zero-order valence-corrected chi connectivity index (χ0v) is 18.5. The molecule has 6 heteroatoms. The Bertz CT molecular complexity index is 1050. The van der Waals surface area contributed by atoms with E-state index in [1.807, 2.05) is 42.5 Å². The van der Waals surface area contributed by atoms with Crippen LogP contribution in [-0.4, -0.2) is 22.8 Å². The molecule has 0 unspecified atom stereocenters. The van der Waals surface area contributed by atoms with Gasteiger partial charge in [-0.1, -0.05) is 73.3 Å². The Balaban J connectivity index is 1.80. The van der Waals surface area contributed by atoms with Gasteiger partial charge in [-0.15, -0.1) is 0 Å². The molecule has 1 atom stereocenters. The van der Waals surface area contributed by atoms with Crippen LogP contribution in [-0.2, 0) is 4.79 Å². The number of carbonyl (C=O) groups excluding carboxylic acids is 2. The predicted molar refractivity (Wildman–Crippen MR) is 127 cm³/mol. The quantitative estimate of drug-likeness (QED) is 0.537. The van der Waals surface area contributed by atoms with Crippen molar-refractivity contribution >= 4 is 29.1 Å². The average Bonchev–Trinajstić information content (AvgIpc) is 2.84.